The molecule has 0 aliphatic carbocycles. The summed E-state index contributed by atoms with van der Waals surface area (Å²) in [6.07, 6.45) is 2.19. The summed E-state index contributed by atoms with van der Waals surface area (Å²) in [6.45, 7) is 6.52. The van der Waals surface area contributed by atoms with Gasteiger partial charge < -0.3 is 24.1 Å². The lowest BCUT2D eigenvalue weighted by Crippen LogP contribution is -2.33. The number of aryl methyl sites for hydroxylation is 1. The number of ether oxygens (including phenoxy) is 4. The molecule has 3 heterocycles. The molecule has 14 nitrogen and oxygen atoms in total. The fourth-order valence-electron chi connectivity index (χ4n) is 4.09. The second kappa shape index (κ2) is 12.9. The van der Waals surface area contributed by atoms with E-state index in [1.165, 1.54) is 32.8 Å². The third-order valence-corrected chi connectivity index (χ3v) is 7.97. The number of nitrogens with one attached hydrogen (secondary N) is 1. The van der Waals surface area contributed by atoms with Gasteiger partial charge in [-0.25, -0.2) is 23.4 Å². The van der Waals surface area contributed by atoms with Crippen molar-refractivity contribution in [3.8, 4) is 34.6 Å². The third kappa shape index (κ3) is 7.18. The molecule has 2 N–H and O–H groups in total. The van der Waals surface area contributed by atoms with Crippen LogP contribution in [0.1, 0.15) is 38.3 Å². The maximum atomic E-state index is 13.8. The highest BCUT2D eigenvalue weighted by atomic mass is 32.2. The van der Waals surface area contributed by atoms with Crippen molar-refractivity contribution < 1.29 is 32.5 Å². The molecule has 0 aliphatic rings. The summed E-state index contributed by atoms with van der Waals surface area (Å²) in [7, 11) is 0.149. The lowest BCUT2D eigenvalue weighted by atomic mass is 10.2. The van der Waals surface area contributed by atoms with Crippen LogP contribution in [-0.2, 0) is 14.8 Å². The highest BCUT2D eigenvalue weighted by Crippen LogP contribution is 2.38. The highest BCUT2D eigenvalue weighted by Gasteiger charge is 2.35. The number of hydrogen-bond donors (Lipinski definition) is 2. The topological polar surface area (TPSA) is 173 Å². The predicted molar refractivity (Wildman–Crippen MR) is 158 cm³/mol. The summed E-state index contributed by atoms with van der Waals surface area (Å²) >= 11 is 0. The summed E-state index contributed by atoms with van der Waals surface area (Å²) in [5, 5.41) is 17.4. The fourth-order valence-corrected chi connectivity index (χ4v) is 5.22. The van der Waals surface area contributed by atoms with Gasteiger partial charge in [0.1, 0.15) is 40.8 Å². The molecule has 43 heavy (non-hydrogen) atoms. The Morgan fingerprint density at radius 3 is 2.21 bits per heavy atom. The van der Waals surface area contributed by atoms with E-state index in [1.54, 1.807) is 62.6 Å². The molecule has 0 aliphatic heterocycles. The summed E-state index contributed by atoms with van der Waals surface area (Å²) in [5.74, 6) is 1.14. The van der Waals surface area contributed by atoms with Crippen molar-refractivity contribution in [1.29, 1.82) is 0 Å². The number of rotatable bonds is 13. The Labute approximate surface area is 250 Å². The largest absolute Gasteiger partial charge is 0.494 e. The number of aliphatic hydroxyl groups is 1. The number of pyridine rings is 1. The molecule has 0 bridgehead atoms. The Kier molecular flexibility index (Phi) is 9.47. The summed E-state index contributed by atoms with van der Waals surface area (Å²) in [6, 6.07) is 10.1. The van der Waals surface area contributed by atoms with Crippen molar-refractivity contribution in [1.82, 2.24) is 29.7 Å². The molecule has 2 unspecified atom stereocenters. The first-order chi connectivity index (χ1) is 20.4. The molecular weight excluding hydrogens is 578 g/mol. The molecule has 0 saturated carbocycles. The molecule has 15 heteroatoms. The van der Waals surface area contributed by atoms with Crippen molar-refractivity contribution in [2.75, 3.05) is 32.7 Å². The van der Waals surface area contributed by atoms with Gasteiger partial charge in [0, 0.05) is 25.6 Å². The van der Waals surface area contributed by atoms with Crippen molar-refractivity contribution in [2.24, 2.45) is 0 Å². The number of nitrogens with zero attached hydrogens (tertiary/aromatic N) is 6. The first-order valence-corrected chi connectivity index (χ1v) is 14.8. The molecule has 230 valence electrons. The molecule has 4 aromatic rings. The monoisotopic (exact) mass is 613 g/mol. The SMILES string of the molecule is COc1cccc(OC)c1-n1c(NS(=O)(=O)C(C)C(OC)c2ncc(C)cn2)nnc1-c1cccc(OCC(C)(C)O)n1. The lowest BCUT2D eigenvalue weighted by Gasteiger charge is -2.23. The smallest absolute Gasteiger partial charge is 0.243 e. The van der Waals surface area contributed by atoms with Gasteiger partial charge in [0.15, 0.2) is 11.6 Å². The summed E-state index contributed by atoms with van der Waals surface area (Å²) in [5.41, 5.74) is 0.360. The minimum Gasteiger partial charge on any atom is -0.494 e. The Hall–Kier alpha value is -4.34. The van der Waals surface area contributed by atoms with Crippen molar-refractivity contribution in [3.05, 3.63) is 60.2 Å². The molecule has 2 atom stereocenters. The second-order valence-electron chi connectivity index (χ2n) is 10.3. The van der Waals surface area contributed by atoms with Gasteiger partial charge in [-0.05, 0) is 51.5 Å². The van der Waals surface area contributed by atoms with E-state index in [0.717, 1.165) is 5.56 Å². The second-order valence-corrected chi connectivity index (χ2v) is 12.3. The first kappa shape index (κ1) is 31.6. The average Bonchev–Trinajstić information content (AvgIpc) is 3.38. The number of methoxy groups -OCH3 is 3. The van der Waals surface area contributed by atoms with E-state index in [0.29, 0.717) is 22.9 Å². The minimum absolute atomic E-state index is 0.00915. The Balaban J connectivity index is 1.83. The van der Waals surface area contributed by atoms with Crippen LogP contribution >= 0.6 is 0 Å². The molecule has 0 amide bonds. The fraction of sp³-hybridized carbons (Fsp3) is 0.393. The summed E-state index contributed by atoms with van der Waals surface area (Å²) in [4.78, 5) is 13.0. The lowest BCUT2D eigenvalue weighted by molar-refractivity contribution is 0.0269. The van der Waals surface area contributed by atoms with Gasteiger partial charge in [0.25, 0.3) is 0 Å². The van der Waals surface area contributed by atoms with E-state index in [-0.39, 0.29) is 30.1 Å². The van der Waals surface area contributed by atoms with E-state index in [4.69, 9.17) is 18.9 Å². The average molecular weight is 614 g/mol. The van der Waals surface area contributed by atoms with Crippen LogP contribution in [0.4, 0.5) is 5.95 Å². The number of benzene rings is 1. The van der Waals surface area contributed by atoms with Gasteiger partial charge in [-0.3, -0.25) is 9.29 Å². The Morgan fingerprint density at radius 2 is 1.63 bits per heavy atom. The number of aromatic nitrogens is 6. The Bertz CT molecular complexity index is 1630. The van der Waals surface area contributed by atoms with Crippen molar-refractivity contribution in [2.45, 2.75) is 44.6 Å². The number of hydrogen-bond acceptors (Lipinski definition) is 12. The Morgan fingerprint density at radius 1 is 1.00 bits per heavy atom. The minimum atomic E-state index is -4.19. The molecular formula is C28H35N7O7S. The van der Waals surface area contributed by atoms with Crippen LogP contribution in [0.2, 0.25) is 0 Å². The van der Waals surface area contributed by atoms with Crippen LogP contribution in [0.25, 0.3) is 17.2 Å². The number of para-hydroxylation sites is 1. The van der Waals surface area contributed by atoms with E-state index in [9.17, 15) is 13.5 Å². The normalized spacial score (nSPS) is 13.3. The molecule has 0 radical (unpaired) electrons. The van der Waals surface area contributed by atoms with Gasteiger partial charge in [0.2, 0.25) is 21.9 Å². The van der Waals surface area contributed by atoms with Crippen LogP contribution in [0.5, 0.6) is 17.4 Å². The highest BCUT2D eigenvalue weighted by molar-refractivity contribution is 7.93. The number of anilines is 1. The summed E-state index contributed by atoms with van der Waals surface area (Å²) < 4.78 is 53.9. The molecule has 1 aromatic carbocycles. The van der Waals surface area contributed by atoms with Crippen LogP contribution in [0.15, 0.2) is 48.8 Å². The third-order valence-electron chi connectivity index (χ3n) is 6.27. The maximum absolute atomic E-state index is 13.8. The zero-order valence-electron chi connectivity index (χ0n) is 25.0. The van der Waals surface area contributed by atoms with Gasteiger partial charge in [-0.1, -0.05) is 12.1 Å². The van der Waals surface area contributed by atoms with Crippen molar-refractivity contribution >= 4 is 16.0 Å². The van der Waals surface area contributed by atoms with Crippen LogP contribution < -0.4 is 18.9 Å². The van der Waals surface area contributed by atoms with Crippen molar-refractivity contribution in [3.63, 3.8) is 0 Å². The van der Waals surface area contributed by atoms with E-state index < -0.39 is 27.0 Å². The molecule has 3 aromatic heterocycles. The van der Waals surface area contributed by atoms with E-state index in [1.807, 2.05) is 6.92 Å². The first-order valence-electron chi connectivity index (χ1n) is 13.2. The standard InChI is InChI=1S/C28H35N7O7S/c1-17-14-29-25(30-15-17)24(41-7)18(2)43(37,38)34-27-33-32-26(19-10-8-13-22(31-19)42-16-28(3,4)36)35(27)23-20(39-5)11-9-12-21(23)40-6/h8-15,18,24,36H,16H2,1-7H3,(H,33,34). The molecule has 0 saturated heterocycles. The van der Waals surface area contributed by atoms with Gasteiger partial charge in [-0.2, -0.15) is 0 Å². The molecule has 0 spiro atoms. The van der Waals surface area contributed by atoms with Gasteiger partial charge in [-0.15, -0.1) is 10.2 Å². The zero-order valence-corrected chi connectivity index (χ0v) is 25.8. The number of sulfonamides is 1. The maximum Gasteiger partial charge on any atom is 0.243 e. The van der Waals surface area contributed by atoms with Crippen LogP contribution in [-0.4, -0.2) is 82.0 Å². The van der Waals surface area contributed by atoms with E-state index >= 15 is 0 Å². The van der Waals surface area contributed by atoms with Crippen LogP contribution in [0.3, 0.4) is 0 Å². The van der Waals surface area contributed by atoms with Crippen LogP contribution in [0, 0.1) is 6.92 Å². The quantitative estimate of drug-likeness (QED) is 0.226. The van der Waals surface area contributed by atoms with Gasteiger partial charge in [0.05, 0.1) is 19.8 Å². The predicted octanol–water partition coefficient (Wildman–Crippen LogP) is 3.11. The molecule has 4 rings (SSSR count). The zero-order chi connectivity index (χ0) is 31.4. The van der Waals surface area contributed by atoms with E-state index in [2.05, 4.69) is 29.9 Å². The molecule has 0 fully saturated rings. The van der Waals surface area contributed by atoms with Gasteiger partial charge >= 0.3 is 0 Å².